The van der Waals surface area contributed by atoms with Crippen LogP contribution in [-0.4, -0.2) is 53.0 Å². The summed E-state index contributed by atoms with van der Waals surface area (Å²) in [5.41, 5.74) is 0. The molecule has 0 saturated heterocycles. The fourth-order valence-electron chi connectivity index (χ4n) is 1.60. The lowest BCUT2D eigenvalue weighted by Gasteiger charge is -2.11. The molecule has 0 bridgehead atoms. The zero-order chi connectivity index (χ0) is 14.2. The number of guanidine groups is 1. The summed E-state index contributed by atoms with van der Waals surface area (Å²) in [7, 11) is 3.48. The number of unbranched alkanes of at least 4 members (excludes halogenated alkanes) is 3. The molecule has 0 amide bonds. The molecule has 6 heteroatoms. The van der Waals surface area contributed by atoms with E-state index >= 15 is 0 Å². The third kappa shape index (κ3) is 16.0. The van der Waals surface area contributed by atoms with Crippen LogP contribution in [0.2, 0.25) is 0 Å². The maximum absolute atomic E-state index is 5.39. The minimum atomic E-state index is 0. The minimum absolute atomic E-state index is 0. The van der Waals surface area contributed by atoms with Gasteiger partial charge in [-0.05, 0) is 12.8 Å². The predicted molar refractivity (Wildman–Crippen MR) is 96.2 cm³/mol. The number of nitrogens with zero attached hydrogens (tertiary/aromatic N) is 1. The van der Waals surface area contributed by atoms with Gasteiger partial charge in [0.15, 0.2) is 5.96 Å². The number of rotatable bonds is 12. The summed E-state index contributed by atoms with van der Waals surface area (Å²) in [6.07, 6.45) is 6.05. The van der Waals surface area contributed by atoms with Gasteiger partial charge in [-0.3, -0.25) is 4.99 Å². The summed E-state index contributed by atoms with van der Waals surface area (Å²) in [4.78, 5) is 4.19. The van der Waals surface area contributed by atoms with Crippen molar-refractivity contribution >= 4 is 29.9 Å². The van der Waals surface area contributed by atoms with E-state index in [2.05, 4.69) is 22.5 Å². The third-order valence-corrected chi connectivity index (χ3v) is 2.74. The number of hydrogen-bond donors (Lipinski definition) is 2. The Hall–Kier alpha value is -0.0800. The molecule has 0 fully saturated rings. The van der Waals surface area contributed by atoms with E-state index in [0.717, 1.165) is 32.1 Å². The first kappa shape index (κ1) is 22.2. The molecule has 0 saturated carbocycles. The van der Waals surface area contributed by atoms with Crippen LogP contribution in [0.3, 0.4) is 0 Å². The molecule has 0 unspecified atom stereocenters. The van der Waals surface area contributed by atoms with Gasteiger partial charge in [-0.15, -0.1) is 24.0 Å². The Bertz CT molecular complexity index is 217. The Labute approximate surface area is 141 Å². The molecule has 0 aromatic heterocycles. The largest absolute Gasteiger partial charge is 0.382 e. The molecule has 0 aromatic rings. The summed E-state index contributed by atoms with van der Waals surface area (Å²) in [6, 6.07) is 0. The van der Waals surface area contributed by atoms with Gasteiger partial charge in [-0.2, -0.15) is 0 Å². The Balaban J connectivity index is 0. The van der Waals surface area contributed by atoms with E-state index in [0.29, 0.717) is 13.2 Å². The lowest BCUT2D eigenvalue weighted by Crippen LogP contribution is -2.38. The maximum Gasteiger partial charge on any atom is 0.190 e. The zero-order valence-electron chi connectivity index (χ0n) is 13.2. The lowest BCUT2D eigenvalue weighted by atomic mass is 10.2. The van der Waals surface area contributed by atoms with E-state index in [1.807, 2.05) is 0 Å². The summed E-state index contributed by atoms with van der Waals surface area (Å²) in [6.45, 7) is 6.17. The molecular formula is C14H32IN3O2. The van der Waals surface area contributed by atoms with Gasteiger partial charge in [0, 0.05) is 33.9 Å². The van der Waals surface area contributed by atoms with Gasteiger partial charge in [-0.25, -0.2) is 0 Å². The molecule has 0 aromatic carbocycles. The van der Waals surface area contributed by atoms with Crippen LogP contribution in [-0.2, 0) is 9.47 Å². The maximum atomic E-state index is 5.39. The van der Waals surface area contributed by atoms with Crippen molar-refractivity contribution < 1.29 is 9.47 Å². The summed E-state index contributed by atoms with van der Waals surface area (Å²) in [5, 5.41) is 6.60. The van der Waals surface area contributed by atoms with Crippen molar-refractivity contribution in [2.75, 3.05) is 47.1 Å². The number of halogens is 1. The SMILES string of the molecule is CCCCCCNC(=NC)NCCCOCCOC.I. The van der Waals surface area contributed by atoms with E-state index in [1.165, 1.54) is 25.7 Å². The molecule has 0 aliphatic rings. The van der Waals surface area contributed by atoms with Crippen LogP contribution < -0.4 is 10.6 Å². The Morgan fingerprint density at radius 2 is 1.65 bits per heavy atom. The number of hydrogen-bond acceptors (Lipinski definition) is 3. The third-order valence-electron chi connectivity index (χ3n) is 2.74. The summed E-state index contributed by atoms with van der Waals surface area (Å²) >= 11 is 0. The van der Waals surface area contributed by atoms with E-state index in [-0.39, 0.29) is 24.0 Å². The predicted octanol–water partition coefficient (Wildman–Crippen LogP) is 2.40. The topological polar surface area (TPSA) is 54.9 Å². The van der Waals surface area contributed by atoms with Crippen LogP contribution in [0.4, 0.5) is 0 Å². The van der Waals surface area contributed by atoms with Gasteiger partial charge < -0.3 is 20.1 Å². The van der Waals surface area contributed by atoms with Crippen LogP contribution >= 0.6 is 24.0 Å². The lowest BCUT2D eigenvalue weighted by molar-refractivity contribution is 0.0698. The van der Waals surface area contributed by atoms with Gasteiger partial charge in [0.25, 0.3) is 0 Å². The number of methoxy groups -OCH3 is 1. The Morgan fingerprint density at radius 3 is 2.25 bits per heavy atom. The zero-order valence-corrected chi connectivity index (χ0v) is 15.6. The van der Waals surface area contributed by atoms with Crippen LogP contribution in [0, 0.1) is 0 Å². The molecule has 0 spiro atoms. The van der Waals surface area contributed by atoms with E-state index < -0.39 is 0 Å². The highest BCUT2D eigenvalue weighted by Crippen LogP contribution is 1.96. The molecular weight excluding hydrogens is 369 g/mol. The van der Waals surface area contributed by atoms with E-state index in [1.54, 1.807) is 14.2 Å². The number of ether oxygens (including phenoxy) is 2. The van der Waals surface area contributed by atoms with Crippen molar-refractivity contribution in [2.24, 2.45) is 4.99 Å². The van der Waals surface area contributed by atoms with E-state index in [4.69, 9.17) is 9.47 Å². The fourth-order valence-corrected chi connectivity index (χ4v) is 1.60. The molecule has 2 N–H and O–H groups in total. The van der Waals surface area contributed by atoms with Gasteiger partial charge in [0.2, 0.25) is 0 Å². The summed E-state index contributed by atoms with van der Waals surface area (Å²) in [5.74, 6) is 0.883. The number of nitrogens with one attached hydrogen (secondary N) is 2. The van der Waals surface area contributed by atoms with E-state index in [9.17, 15) is 0 Å². The Morgan fingerprint density at radius 1 is 0.950 bits per heavy atom. The second kappa shape index (κ2) is 18.9. The van der Waals surface area contributed by atoms with Crippen LogP contribution in [0.15, 0.2) is 4.99 Å². The Kier molecular flexibility index (Phi) is 21.0. The van der Waals surface area contributed by atoms with Crippen molar-refractivity contribution in [3.8, 4) is 0 Å². The molecule has 0 radical (unpaired) electrons. The summed E-state index contributed by atoms with van der Waals surface area (Å²) < 4.78 is 10.3. The molecule has 0 rings (SSSR count). The van der Waals surface area contributed by atoms with Crippen LogP contribution in [0.5, 0.6) is 0 Å². The first-order valence-electron chi connectivity index (χ1n) is 7.36. The molecule has 0 heterocycles. The molecule has 0 aliphatic heterocycles. The average molecular weight is 401 g/mol. The van der Waals surface area contributed by atoms with Crippen molar-refractivity contribution in [3.05, 3.63) is 0 Å². The molecule has 122 valence electrons. The minimum Gasteiger partial charge on any atom is -0.382 e. The van der Waals surface area contributed by atoms with Gasteiger partial charge in [0.05, 0.1) is 13.2 Å². The highest BCUT2D eigenvalue weighted by atomic mass is 127. The smallest absolute Gasteiger partial charge is 0.190 e. The van der Waals surface area contributed by atoms with Crippen molar-refractivity contribution in [1.29, 1.82) is 0 Å². The van der Waals surface area contributed by atoms with Crippen molar-refractivity contribution in [3.63, 3.8) is 0 Å². The van der Waals surface area contributed by atoms with Crippen LogP contribution in [0.1, 0.15) is 39.0 Å². The molecule has 5 nitrogen and oxygen atoms in total. The van der Waals surface area contributed by atoms with Crippen molar-refractivity contribution in [2.45, 2.75) is 39.0 Å². The second-order valence-corrected chi connectivity index (χ2v) is 4.45. The van der Waals surface area contributed by atoms with Crippen molar-refractivity contribution in [1.82, 2.24) is 10.6 Å². The highest BCUT2D eigenvalue weighted by Gasteiger charge is 1.96. The normalized spacial score (nSPS) is 11.1. The first-order valence-corrected chi connectivity index (χ1v) is 7.36. The molecule has 0 atom stereocenters. The molecule has 20 heavy (non-hydrogen) atoms. The van der Waals surface area contributed by atoms with Crippen LogP contribution in [0.25, 0.3) is 0 Å². The highest BCUT2D eigenvalue weighted by molar-refractivity contribution is 14.0. The average Bonchev–Trinajstić information content (AvgIpc) is 2.44. The standard InChI is InChI=1S/C14H31N3O2.HI/c1-4-5-6-7-9-16-14(15-2)17-10-8-11-19-13-12-18-3;/h4-13H2,1-3H3,(H2,15,16,17);1H. The molecule has 0 aliphatic carbocycles. The van der Waals surface area contributed by atoms with Gasteiger partial charge >= 0.3 is 0 Å². The van der Waals surface area contributed by atoms with Gasteiger partial charge in [-0.1, -0.05) is 26.2 Å². The second-order valence-electron chi connectivity index (χ2n) is 4.45. The number of aliphatic imine (C=N–C) groups is 1. The van der Waals surface area contributed by atoms with Gasteiger partial charge in [0.1, 0.15) is 0 Å². The fraction of sp³-hybridized carbons (Fsp3) is 0.929. The monoisotopic (exact) mass is 401 g/mol. The first-order chi connectivity index (χ1) is 9.35. The quantitative estimate of drug-likeness (QED) is 0.228.